The summed E-state index contributed by atoms with van der Waals surface area (Å²) >= 11 is 0. The number of nitrogens with two attached hydrogens (primary N) is 1. The number of urea groups is 1. The van der Waals surface area contributed by atoms with Gasteiger partial charge in [-0.05, 0) is 25.8 Å². The first-order valence-corrected chi connectivity index (χ1v) is 5.62. The van der Waals surface area contributed by atoms with Crippen LogP contribution >= 0.6 is 0 Å². The van der Waals surface area contributed by atoms with Crippen LogP contribution in [0.2, 0.25) is 0 Å². The molecule has 98 valence electrons. The first-order chi connectivity index (χ1) is 7.95. The monoisotopic (exact) mass is 245 g/mol. The second-order valence-electron chi connectivity index (χ2n) is 4.34. The summed E-state index contributed by atoms with van der Waals surface area (Å²) in [4.78, 5) is 24.0. The van der Waals surface area contributed by atoms with Crippen molar-refractivity contribution in [2.75, 3.05) is 19.6 Å². The second kappa shape index (κ2) is 5.83. The molecule has 5 N–H and O–H groups in total. The molecule has 0 aromatic carbocycles. The fraction of sp³-hybridized carbons (Fsp3) is 0.800. The van der Waals surface area contributed by atoms with E-state index in [1.807, 2.05) is 0 Å². The van der Waals surface area contributed by atoms with Gasteiger partial charge in [-0.1, -0.05) is 0 Å². The number of nitrogens with one attached hydrogen (secondary N) is 1. The molecule has 0 spiro atoms. The van der Waals surface area contributed by atoms with Crippen molar-refractivity contribution in [1.82, 2.24) is 10.2 Å². The quantitative estimate of drug-likeness (QED) is 0.497. The van der Waals surface area contributed by atoms with Crippen LogP contribution in [0.5, 0.6) is 0 Å². The van der Waals surface area contributed by atoms with Gasteiger partial charge < -0.3 is 26.2 Å². The van der Waals surface area contributed by atoms with Crippen LogP contribution in [-0.4, -0.2) is 58.9 Å². The molecule has 1 aliphatic rings. The number of aliphatic hydroxyl groups is 1. The molecule has 0 aromatic rings. The highest BCUT2D eigenvalue weighted by atomic mass is 16.4. The van der Waals surface area contributed by atoms with Crippen molar-refractivity contribution in [2.24, 2.45) is 11.7 Å². The number of hydrogen-bond donors (Lipinski definition) is 4. The number of carbonyl (C=O) groups excluding carboxylic acids is 1. The summed E-state index contributed by atoms with van der Waals surface area (Å²) in [5.41, 5.74) is 5.50. The summed E-state index contributed by atoms with van der Waals surface area (Å²) < 4.78 is 0. The molecule has 3 atom stereocenters. The maximum absolute atomic E-state index is 11.7. The molecule has 7 nitrogen and oxygen atoms in total. The average molecular weight is 245 g/mol. The Morgan fingerprint density at radius 2 is 2.24 bits per heavy atom. The number of carboxylic acids is 1. The standard InChI is InChI=1S/C10H19N3O4/c1-6(14)8(9(15)16)12-10(17)13-3-2-7(4-11)5-13/h6-8,14H,2-5,11H2,1H3,(H,12,17)(H,15,16). The Morgan fingerprint density at radius 3 is 2.65 bits per heavy atom. The second-order valence-corrected chi connectivity index (χ2v) is 4.34. The number of aliphatic carboxylic acids is 1. The fourth-order valence-electron chi connectivity index (χ4n) is 1.82. The molecule has 0 aromatic heterocycles. The molecule has 1 fully saturated rings. The van der Waals surface area contributed by atoms with E-state index in [2.05, 4.69) is 5.32 Å². The Hall–Kier alpha value is -1.34. The average Bonchev–Trinajstić information content (AvgIpc) is 2.73. The Morgan fingerprint density at radius 1 is 1.59 bits per heavy atom. The van der Waals surface area contributed by atoms with Crippen LogP contribution in [0.15, 0.2) is 0 Å². The molecule has 3 unspecified atom stereocenters. The van der Waals surface area contributed by atoms with Crippen LogP contribution in [0, 0.1) is 5.92 Å². The number of amides is 2. The van der Waals surface area contributed by atoms with Gasteiger partial charge in [0.25, 0.3) is 0 Å². The van der Waals surface area contributed by atoms with Crippen LogP contribution in [0.1, 0.15) is 13.3 Å². The normalized spacial score (nSPS) is 23.2. The molecule has 17 heavy (non-hydrogen) atoms. The molecule has 0 bridgehead atoms. The first kappa shape index (κ1) is 13.7. The molecule has 0 saturated carbocycles. The van der Waals surface area contributed by atoms with Crippen LogP contribution in [0.4, 0.5) is 4.79 Å². The number of nitrogens with zero attached hydrogens (tertiary/aromatic N) is 1. The van der Waals surface area contributed by atoms with Gasteiger partial charge >= 0.3 is 12.0 Å². The molecule has 1 rings (SSSR count). The largest absolute Gasteiger partial charge is 0.480 e. The number of aliphatic hydroxyl groups excluding tert-OH is 1. The van der Waals surface area contributed by atoms with Crippen molar-refractivity contribution < 1.29 is 19.8 Å². The summed E-state index contributed by atoms with van der Waals surface area (Å²) in [5.74, 6) is -0.974. The maximum Gasteiger partial charge on any atom is 0.328 e. The van der Waals surface area contributed by atoms with Gasteiger partial charge in [0.2, 0.25) is 0 Å². The molecule has 2 amide bonds. The molecule has 1 aliphatic heterocycles. The van der Waals surface area contributed by atoms with Crippen molar-refractivity contribution in [2.45, 2.75) is 25.5 Å². The van der Waals surface area contributed by atoms with Gasteiger partial charge in [-0.2, -0.15) is 0 Å². The van der Waals surface area contributed by atoms with E-state index in [0.717, 1.165) is 6.42 Å². The summed E-state index contributed by atoms with van der Waals surface area (Å²) in [6.45, 7) is 2.95. The highest BCUT2D eigenvalue weighted by Crippen LogP contribution is 2.14. The zero-order chi connectivity index (χ0) is 13.0. The zero-order valence-corrected chi connectivity index (χ0v) is 9.80. The van der Waals surface area contributed by atoms with Gasteiger partial charge in [0, 0.05) is 13.1 Å². The third-order valence-electron chi connectivity index (χ3n) is 2.93. The first-order valence-electron chi connectivity index (χ1n) is 5.62. The predicted molar refractivity (Wildman–Crippen MR) is 60.4 cm³/mol. The molecular weight excluding hydrogens is 226 g/mol. The highest BCUT2D eigenvalue weighted by Gasteiger charge is 2.30. The van der Waals surface area contributed by atoms with E-state index in [-0.39, 0.29) is 5.92 Å². The number of likely N-dealkylation sites (tertiary alicyclic amines) is 1. The van der Waals surface area contributed by atoms with Crippen molar-refractivity contribution in [1.29, 1.82) is 0 Å². The van der Waals surface area contributed by atoms with E-state index in [0.29, 0.717) is 19.6 Å². The van der Waals surface area contributed by atoms with Crippen molar-refractivity contribution in [3.8, 4) is 0 Å². The van der Waals surface area contributed by atoms with Gasteiger partial charge in [-0.25, -0.2) is 9.59 Å². The molecule has 1 saturated heterocycles. The third-order valence-corrected chi connectivity index (χ3v) is 2.93. The number of carbonyl (C=O) groups is 2. The predicted octanol–water partition coefficient (Wildman–Crippen LogP) is -1.19. The van der Waals surface area contributed by atoms with Crippen molar-refractivity contribution in [3.63, 3.8) is 0 Å². The molecule has 0 radical (unpaired) electrons. The van der Waals surface area contributed by atoms with Gasteiger partial charge in [0.05, 0.1) is 6.10 Å². The summed E-state index contributed by atoms with van der Waals surface area (Å²) in [6, 6.07) is -1.74. The number of rotatable bonds is 4. The topological polar surface area (TPSA) is 116 Å². The summed E-state index contributed by atoms with van der Waals surface area (Å²) in [6.07, 6.45) is -0.305. The molecule has 1 heterocycles. The number of hydrogen-bond acceptors (Lipinski definition) is 4. The molecule has 7 heteroatoms. The lowest BCUT2D eigenvalue weighted by atomic mass is 10.1. The highest BCUT2D eigenvalue weighted by molar-refractivity contribution is 5.83. The van der Waals surface area contributed by atoms with E-state index >= 15 is 0 Å². The SMILES string of the molecule is CC(O)C(NC(=O)N1CCC(CN)C1)C(=O)O. The van der Waals surface area contributed by atoms with Crippen molar-refractivity contribution in [3.05, 3.63) is 0 Å². The Balaban J connectivity index is 2.51. The van der Waals surface area contributed by atoms with Gasteiger partial charge in [-0.3, -0.25) is 0 Å². The van der Waals surface area contributed by atoms with Gasteiger partial charge in [0.15, 0.2) is 6.04 Å². The number of carboxylic acid groups (broad SMARTS) is 1. The lowest BCUT2D eigenvalue weighted by Gasteiger charge is -2.22. The molecular formula is C10H19N3O4. The van der Waals surface area contributed by atoms with Crippen molar-refractivity contribution >= 4 is 12.0 Å². The lowest BCUT2D eigenvalue weighted by Crippen LogP contribution is -2.51. The summed E-state index contributed by atoms with van der Waals surface area (Å²) in [7, 11) is 0. The zero-order valence-electron chi connectivity index (χ0n) is 9.80. The van der Waals surface area contributed by atoms with E-state index in [9.17, 15) is 14.7 Å². The van der Waals surface area contributed by atoms with E-state index < -0.39 is 24.1 Å². The minimum absolute atomic E-state index is 0.274. The fourth-order valence-corrected chi connectivity index (χ4v) is 1.82. The van der Waals surface area contributed by atoms with Crippen LogP contribution in [0.25, 0.3) is 0 Å². The minimum atomic E-state index is -1.28. The van der Waals surface area contributed by atoms with E-state index in [1.54, 1.807) is 0 Å². The Labute approximate surface area is 99.6 Å². The summed E-state index contributed by atoms with van der Waals surface area (Å²) in [5, 5.41) is 20.4. The Kier molecular flexibility index (Phi) is 4.71. The van der Waals surface area contributed by atoms with E-state index in [1.165, 1.54) is 11.8 Å². The lowest BCUT2D eigenvalue weighted by molar-refractivity contribution is -0.141. The van der Waals surface area contributed by atoms with Crippen LogP contribution in [-0.2, 0) is 4.79 Å². The smallest absolute Gasteiger partial charge is 0.328 e. The Bertz CT molecular complexity index is 295. The van der Waals surface area contributed by atoms with E-state index in [4.69, 9.17) is 10.8 Å². The third kappa shape index (κ3) is 3.57. The van der Waals surface area contributed by atoms with Crippen LogP contribution in [0.3, 0.4) is 0 Å². The van der Waals surface area contributed by atoms with Gasteiger partial charge in [0.1, 0.15) is 0 Å². The van der Waals surface area contributed by atoms with Crippen LogP contribution < -0.4 is 11.1 Å². The maximum atomic E-state index is 11.7. The van der Waals surface area contributed by atoms with Gasteiger partial charge in [-0.15, -0.1) is 0 Å². The minimum Gasteiger partial charge on any atom is -0.480 e. The molecule has 0 aliphatic carbocycles.